The summed E-state index contributed by atoms with van der Waals surface area (Å²) in [6, 6.07) is 4.23. The average molecular weight is 281 g/mol. The molecule has 2 fully saturated rings. The van der Waals surface area contributed by atoms with Crippen molar-refractivity contribution in [3.8, 4) is 0 Å². The fourth-order valence-corrected chi connectivity index (χ4v) is 3.78. The van der Waals surface area contributed by atoms with Gasteiger partial charge < -0.3 is 5.11 Å². The Morgan fingerprint density at radius 3 is 2.75 bits per heavy atom. The number of nitrogens with zero attached hydrogens (tertiary/aromatic N) is 1. The van der Waals surface area contributed by atoms with E-state index in [0.717, 1.165) is 24.6 Å². The van der Waals surface area contributed by atoms with Gasteiger partial charge >= 0.3 is 0 Å². The van der Waals surface area contributed by atoms with E-state index in [9.17, 15) is 13.9 Å². The van der Waals surface area contributed by atoms with Gasteiger partial charge in [0, 0.05) is 12.6 Å². The largest absolute Gasteiger partial charge is 0.387 e. The highest BCUT2D eigenvalue weighted by Crippen LogP contribution is 2.36. The number of benzene rings is 1. The lowest BCUT2D eigenvalue weighted by atomic mass is 9.85. The first-order valence-corrected chi connectivity index (χ1v) is 7.52. The Balaban J connectivity index is 1.66. The molecule has 0 aromatic heterocycles. The Hall–Kier alpha value is -1.00. The summed E-state index contributed by atoms with van der Waals surface area (Å²) < 4.78 is 26.1. The highest BCUT2D eigenvalue weighted by atomic mass is 19.2. The van der Waals surface area contributed by atoms with Crippen LogP contribution in [0.1, 0.15) is 43.8 Å². The summed E-state index contributed by atoms with van der Waals surface area (Å²) in [7, 11) is 0. The van der Waals surface area contributed by atoms with Crippen molar-refractivity contribution in [2.24, 2.45) is 5.92 Å². The fraction of sp³-hybridized carbons (Fsp3) is 0.625. The lowest BCUT2D eigenvalue weighted by Crippen LogP contribution is -2.37. The monoisotopic (exact) mass is 281 g/mol. The molecule has 3 rings (SSSR count). The number of aliphatic hydroxyl groups is 1. The van der Waals surface area contributed by atoms with E-state index in [1.54, 1.807) is 0 Å². The van der Waals surface area contributed by atoms with E-state index >= 15 is 0 Å². The predicted octanol–water partition coefficient (Wildman–Crippen LogP) is 3.26. The number of hydrogen-bond donors (Lipinski definition) is 1. The molecular weight excluding hydrogens is 260 g/mol. The van der Waals surface area contributed by atoms with Crippen molar-refractivity contribution < 1.29 is 13.9 Å². The number of halogens is 2. The molecule has 0 bridgehead atoms. The van der Waals surface area contributed by atoms with Crippen LogP contribution in [0.5, 0.6) is 0 Å². The zero-order valence-corrected chi connectivity index (χ0v) is 11.6. The number of fused-ring (bicyclic) bond motifs is 1. The second kappa shape index (κ2) is 5.78. The van der Waals surface area contributed by atoms with Crippen LogP contribution in [0, 0.1) is 17.6 Å². The van der Waals surface area contributed by atoms with Crippen LogP contribution < -0.4 is 0 Å². The van der Waals surface area contributed by atoms with Gasteiger partial charge in [-0.2, -0.15) is 0 Å². The van der Waals surface area contributed by atoms with Gasteiger partial charge in [-0.3, -0.25) is 4.90 Å². The quantitative estimate of drug-likeness (QED) is 0.919. The zero-order valence-electron chi connectivity index (χ0n) is 11.6. The molecule has 0 spiro atoms. The minimum absolute atomic E-state index is 0.461. The summed E-state index contributed by atoms with van der Waals surface area (Å²) in [5.41, 5.74) is 0.461. The Kier molecular flexibility index (Phi) is 4.03. The van der Waals surface area contributed by atoms with Crippen LogP contribution in [0.4, 0.5) is 8.78 Å². The van der Waals surface area contributed by atoms with E-state index in [-0.39, 0.29) is 0 Å². The predicted molar refractivity (Wildman–Crippen MR) is 73.3 cm³/mol. The smallest absolute Gasteiger partial charge is 0.159 e. The van der Waals surface area contributed by atoms with Crippen molar-refractivity contribution in [2.75, 3.05) is 13.1 Å². The molecule has 110 valence electrons. The molecule has 3 unspecified atom stereocenters. The molecule has 4 heteroatoms. The van der Waals surface area contributed by atoms with E-state index in [2.05, 4.69) is 4.90 Å². The molecule has 0 radical (unpaired) electrons. The highest BCUT2D eigenvalue weighted by Gasteiger charge is 2.36. The highest BCUT2D eigenvalue weighted by molar-refractivity contribution is 5.20. The third-order valence-electron chi connectivity index (χ3n) is 4.86. The first-order chi connectivity index (χ1) is 9.65. The molecule has 1 aliphatic heterocycles. The maximum atomic E-state index is 13.2. The number of hydrogen-bond acceptors (Lipinski definition) is 2. The van der Waals surface area contributed by atoms with Gasteiger partial charge in [-0.15, -0.1) is 0 Å². The standard InChI is InChI=1S/C16H21F2NO/c17-13-6-5-12(9-14(13)18)16(20)10-19-8-7-11-3-1-2-4-15(11)19/h5-6,9,11,15-16,20H,1-4,7-8,10H2. The van der Waals surface area contributed by atoms with Crippen LogP contribution in [-0.4, -0.2) is 29.1 Å². The van der Waals surface area contributed by atoms with Crippen molar-refractivity contribution in [2.45, 2.75) is 44.2 Å². The van der Waals surface area contributed by atoms with Crippen molar-refractivity contribution in [1.82, 2.24) is 4.90 Å². The molecule has 20 heavy (non-hydrogen) atoms. The molecule has 2 aliphatic rings. The Morgan fingerprint density at radius 2 is 1.95 bits per heavy atom. The molecule has 0 amide bonds. The molecule has 1 aromatic rings. The summed E-state index contributed by atoms with van der Waals surface area (Å²) >= 11 is 0. The third kappa shape index (κ3) is 2.72. The summed E-state index contributed by atoms with van der Waals surface area (Å²) in [6.45, 7) is 1.53. The molecular formula is C16H21F2NO. The Labute approximate surface area is 118 Å². The van der Waals surface area contributed by atoms with Crippen LogP contribution in [0.2, 0.25) is 0 Å². The van der Waals surface area contributed by atoms with Crippen LogP contribution in [0.3, 0.4) is 0 Å². The number of rotatable bonds is 3. The Morgan fingerprint density at radius 1 is 1.15 bits per heavy atom. The minimum atomic E-state index is -0.890. The third-order valence-corrected chi connectivity index (χ3v) is 4.86. The molecule has 1 aliphatic carbocycles. The maximum Gasteiger partial charge on any atom is 0.159 e. The van der Waals surface area contributed by atoms with Crippen LogP contribution >= 0.6 is 0 Å². The van der Waals surface area contributed by atoms with Gasteiger partial charge in [0.25, 0.3) is 0 Å². The second-order valence-electron chi connectivity index (χ2n) is 6.08. The van der Waals surface area contributed by atoms with Gasteiger partial charge in [-0.25, -0.2) is 8.78 Å². The summed E-state index contributed by atoms with van der Waals surface area (Å²) in [5, 5.41) is 10.3. The molecule has 1 aromatic carbocycles. The normalized spacial score (nSPS) is 28.4. The number of likely N-dealkylation sites (tertiary alicyclic amines) is 1. The molecule has 1 saturated heterocycles. The van der Waals surface area contributed by atoms with Gasteiger partial charge in [0.1, 0.15) is 0 Å². The fourth-order valence-electron chi connectivity index (χ4n) is 3.78. The number of β-amino-alcohol motifs (C(OH)–C–C–N with tert-alkyl or cyclic N) is 1. The molecule has 1 saturated carbocycles. The minimum Gasteiger partial charge on any atom is -0.387 e. The van der Waals surface area contributed by atoms with E-state index in [1.165, 1.54) is 38.2 Å². The topological polar surface area (TPSA) is 23.5 Å². The second-order valence-corrected chi connectivity index (χ2v) is 6.08. The summed E-state index contributed by atoms with van der Waals surface area (Å²) in [6.07, 6.45) is 5.54. The first-order valence-electron chi connectivity index (χ1n) is 7.52. The zero-order chi connectivity index (χ0) is 14.1. The van der Waals surface area contributed by atoms with E-state index in [4.69, 9.17) is 0 Å². The van der Waals surface area contributed by atoms with E-state index in [1.807, 2.05) is 0 Å². The van der Waals surface area contributed by atoms with Crippen LogP contribution in [-0.2, 0) is 0 Å². The average Bonchev–Trinajstić information content (AvgIpc) is 2.85. The van der Waals surface area contributed by atoms with E-state index < -0.39 is 17.7 Å². The summed E-state index contributed by atoms with van der Waals surface area (Å²) in [5.74, 6) is -0.992. The lowest BCUT2D eigenvalue weighted by Gasteiger charge is -2.32. The van der Waals surface area contributed by atoms with Crippen LogP contribution in [0.15, 0.2) is 18.2 Å². The van der Waals surface area contributed by atoms with Gasteiger partial charge in [0.05, 0.1) is 6.10 Å². The van der Waals surface area contributed by atoms with Crippen molar-refractivity contribution in [1.29, 1.82) is 0 Å². The number of aliphatic hydroxyl groups excluding tert-OH is 1. The van der Waals surface area contributed by atoms with Gasteiger partial charge in [0.15, 0.2) is 11.6 Å². The lowest BCUT2D eigenvalue weighted by molar-refractivity contribution is 0.0890. The SMILES string of the molecule is OC(CN1CCC2CCCCC21)c1ccc(F)c(F)c1. The molecule has 3 atom stereocenters. The van der Waals surface area contributed by atoms with Crippen LogP contribution in [0.25, 0.3) is 0 Å². The van der Waals surface area contributed by atoms with E-state index in [0.29, 0.717) is 18.2 Å². The van der Waals surface area contributed by atoms with Gasteiger partial charge in [-0.05, 0) is 49.4 Å². The van der Waals surface area contributed by atoms with Crippen molar-refractivity contribution >= 4 is 0 Å². The first kappa shape index (κ1) is 14.0. The van der Waals surface area contributed by atoms with Crippen molar-refractivity contribution in [3.63, 3.8) is 0 Å². The molecule has 2 nitrogen and oxygen atoms in total. The molecule has 1 N–H and O–H groups in total. The van der Waals surface area contributed by atoms with Gasteiger partial charge in [0.2, 0.25) is 0 Å². The van der Waals surface area contributed by atoms with Gasteiger partial charge in [-0.1, -0.05) is 18.9 Å². The molecule has 1 heterocycles. The van der Waals surface area contributed by atoms with Crippen molar-refractivity contribution in [3.05, 3.63) is 35.4 Å². The summed E-state index contributed by atoms with van der Waals surface area (Å²) in [4.78, 5) is 2.33. The maximum absolute atomic E-state index is 13.2. The Bertz CT molecular complexity index is 480.